The van der Waals surface area contributed by atoms with Crippen LogP contribution in [0.5, 0.6) is 0 Å². The first kappa shape index (κ1) is 14.4. The molecule has 0 saturated heterocycles. The van der Waals surface area contributed by atoms with Gasteiger partial charge in [-0.2, -0.15) is 0 Å². The Morgan fingerprint density at radius 3 is 1.89 bits per heavy atom. The summed E-state index contributed by atoms with van der Waals surface area (Å²) in [7, 11) is 2.84. The molecule has 0 radical (unpaired) electrons. The fourth-order valence-electron chi connectivity index (χ4n) is 2.40. The van der Waals surface area contributed by atoms with E-state index in [1.54, 1.807) is 0 Å². The smallest absolute Gasteiger partial charge is 0.307 e. The number of rotatable bonds is 3. The molecule has 0 aromatic carbocycles. The van der Waals surface area contributed by atoms with Crippen LogP contribution in [-0.4, -0.2) is 48.2 Å². The van der Waals surface area contributed by atoms with Crippen molar-refractivity contribution in [1.82, 2.24) is 10.6 Å². The van der Waals surface area contributed by atoms with E-state index in [0.29, 0.717) is 0 Å². The third-order valence-electron chi connectivity index (χ3n) is 3.44. The quantitative estimate of drug-likeness (QED) is 0.495. The number of hydrogen-bond acceptors (Lipinski definition) is 4. The molecule has 1 fully saturated rings. The van der Waals surface area contributed by atoms with Crippen molar-refractivity contribution >= 4 is 17.8 Å². The van der Waals surface area contributed by atoms with Gasteiger partial charge in [0.1, 0.15) is 0 Å². The van der Waals surface area contributed by atoms with Crippen molar-refractivity contribution in [3.05, 3.63) is 0 Å². The Morgan fingerprint density at radius 2 is 1.44 bits per heavy atom. The SMILES string of the molecule is CNC(=O)C1CC(C(=O)O)C(C(=O)NC)CC1O. The Balaban J connectivity index is 2.91. The Hall–Kier alpha value is -1.63. The predicted molar refractivity (Wildman–Crippen MR) is 61.5 cm³/mol. The van der Waals surface area contributed by atoms with Gasteiger partial charge in [0.05, 0.1) is 23.9 Å². The van der Waals surface area contributed by atoms with Crippen molar-refractivity contribution in [3.8, 4) is 0 Å². The molecule has 4 N–H and O–H groups in total. The number of carboxylic acids is 1. The Morgan fingerprint density at radius 1 is 0.944 bits per heavy atom. The molecule has 0 heterocycles. The highest BCUT2D eigenvalue weighted by atomic mass is 16.4. The van der Waals surface area contributed by atoms with Gasteiger partial charge in [-0.3, -0.25) is 14.4 Å². The minimum absolute atomic E-state index is 0.0191. The van der Waals surface area contributed by atoms with E-state index in [1.165, 1.54) is 14.1 Å². The van der Waals surface area contributed by atoms with Gasteiger partial charge in [0.2, 0.25) is 11.8 Å². The lowest BCUT2D eigenvalue weighted by Crippen LogP contribution is -2.49. The fraction of sp³-hybridized carbons (Fsp3) is 0.727. The summed E-state index contributed by atoms with van der Waals surface area (Å²) < 4.78 is 0. The van der Waals surface area contributed by atoms with E-state index in [-0.39, 0.29) is 12.8 Å². The molecule has 102 valence electrons. The summed E-state index contributed by atoms with van der Waals surface area (Å²) in [5, 5.41) is 23.7. The molecule has 7 heteroatoms. The van der Waals surface area contributed by atoms with Crippen molar-refractivity contribution in [3.63, 3.8) is 0 Å². The second kappa shape index (κ2) is 5.81. The standard InChI is InChI=1S/C11H18N2O5/c1-12-9(15)5-4-8(14)7(10(16)13-2)3-6(5)11(17)18/h5-8,14H,3-4H2,1-2H3,(H,12,15)(H,13,16)(H,17,18). The van der Waals surface area contributed by atoms with Crippen LogP contribution >= 0.6 is 0 Å². The summed E-state index contributed by atoms with van der Waals surface area (Å²) in [5.41, 5.74) is 0. The van der Waals surface area contributed by atoms with Crippen molar-refractivity contribution in [2.45, 2.75) is 18.9 Å². The third kappa shape index (κ3) is 2.79. The lowest BCUT2D eigenvalue weighted by Gasteiger charge is -2.35. The number of aliphatic carboxylic acids is 1. The molecule has 7 nitrogen and oxygen atoms in total. The highest BCUT2D eigenvalue weighted by Gasteiger charge is 2.45. The summed E-state index contributed by atoms with van der Waals surface area (Å²) in [6.45, 7) is 0. The first-order valence-electron chi connectivity index (χ1n) is 5.76. The normalized spacial score (nSPS) is 31.5. The van der Waals surface area contributed by atoms with E-state index in [1.807, 2.05) is 0 Å². The van der Waals surface area contributed by atoms with Gasteiger partial charge in [-0.25, -0.2) is 0 Å². The van der Waals surface area contributed by atoms with Crippen LogP contribution in [0.1, 0.15) is 12.8 Å². The number of carbonyl (C=O) groups is 3. The van der Waals surface area contributed by atoms with Crippen LogP contribution in [0.2, 0.25) is 0 Å². The van der Waals surface area contributed by atoms with Gasteiger partial charge in [0.25, 0.3) is 0 Å². The van der Waals surface area contributed by atoms with Crippen LogP contribution in [-0.2, 0) is 14.4 Å². The van der Waals surface area contributed by atoms with Gasteiger partial charge in [0, 0.05) is 14.1 Å². The molecule has 4 unspecified atom stereocenters. The molecule has 0 aromatic rings. The van der Waals surface area contributed by atoms with Crippen molar-refractivity contribution in [1.29, 1.82) is 0 Å². The number of carbonyl (C=O) groups excluding carboxylic acids is 2. The first-order chi connectivity index (χ1) is 8.42. The Bertz CT molecular complexity index is 357. The Kier molecular flexibility index (Phi) is 4.66. The second-order valence-electron chi connectivity index (χ2n) is 4.42. The van der Waals surface area contributed by atoms with Gasteiger partial charge in [0.15, 0.2) is 0 Å². The molecular formula is C11H18N2O5. The van der Waals surface area contributed by atoms with Gasteiger partial charge >= 0.3 is 5.97 Å². The van der Waals surface area contributed by atoms with Crippen LogP contribution in [0.15, 0.2) is 0 Å². The molecule has 0 aromatic heterocycles. The molecule has 0 bridgehead atoms. The van der Waals surface area contributed by atoms with E-state index in [0.717, 1.165) is 0 Å². The lowest BCUT2D eigenvalue weighted by molar-refractivity contribution is -0.154. The van der Waals surface area contributed by atoms with E-state index < -0.39 is 41.6 Å². The van der Waals surface area contributed by atoms with Crippen LogP contribution < -0.4 is 10.6 Å². The number of nitrogens with one attached hydrogen (secondary N) is 2. The third-order valence-corrected chi connectivity index (χ3v) is 3.44. The highest BCUT2D eigenvalue weighted by molar-refractivity contribution is 5.86. The molecule has 1 saturated carbocycles. The maximum atomic E-state index is 11.6. The maximum absolute atomic E-state index is 11.6. The number of carboxylic acid groups (broad SMARTS) is 1. The lowest BCUT2D eigenvalue weighted by atomic mass is 9.71. The zero-order chi connectivity index (χ0) is 13.9. The molecule has 0 aliphatic heterocycles. The highest BCUT2D eigenvalue weighted by Crippen LogP contribution is 2.34. The Labute approximate surface area is 105 Å². The van der Waals surface area contributed by atoms with Gasteiger partial charge in [-0.1, -0.05) is 0 Å². The number of aliphatic hydroxyl groups excluding tert-OH is 1. The fourth-order valence-corrected chi connectivity index (χ4v) is 2.40. The maximum Gasteiger partial charge on any atom is 0.307 e. The van der Waals surface area contributed by atoms with Crippen molar-refractivity contribution < 1.29 is 24.6 Å². The molecular weight excluding hydrogens is 240 g/mol. The summed E-state index contributed by atoms with van der Waals surface area (Å²) in [6, 6.07) is 0. The molecule has 4 atom stereocenters. The molecule has 2 amide bonds. The van der Waals surface area contributed by atoms with Crippen LogP contribution in [0.25, 0.3) is 0 Å². The van der Waals surface area contributed by atoms with Crippen molar-refractivity contribution in [2.24, 2.45) is 17.8 Å². The van der Waals surface area contributed by atoms with Crippen LogP contribution in [0.4, 0.5) is 0 Å². The number of hydrogen-bond donors (Lipinski definition) is 4. The summed E-state index contributed by atoms with van der Waals surface area (Å²) >= 11 is 0. The largest absolute Gasteiger partial charge is 0.481 e. The van der Waals surface area contributed by atoms with E-state index in [2.05, 4.69) is 10.6 Å². The van der Waals surface area contributed by atoms with E-state index in [9.17, 15) is 19.5 Å². The van der Waals surface area contributed by atoms with Gasteiger partial charge < -0.3 is 20.8 Å². The van der Waals surface area contributed by atoms with Gasteiger partial charge in [-0.05, 0) is 12.8 Å². The minimum Gasteiger partial charge on any atom is -0.481 e. The first-order valence-corrected chi connectivity index (χ1v) is 5.76. The van der Waals surface area contributed by atoms with Crippen LogP contribution in [0.3, 0.4) is 0 Å². The van der Waals surface area contributed by atoms with Crippen molar-refractivity contribution in [2.75, 3.05) is 14.1 Å². The summed E-state index contributed by atoms with van der Waals surface area (Å²) in [6.07, 6.45) is -1.05. The average Bonchev–Trinajstić information content (AvgIpc) is 2.36. The zero-order valence-corrected chi connectivity index (χ0v) is 10.3. The molecule has 1 aliphatic carbocycles. The molecule has 1 aliphatic rings. The second-order valence-corrected chi connectivity index (χ2v) is 4.42. The zero-order valence-electron chi connectivity index (χ0n) is 10.3. The average molecular weight is 258 g/mol. The van der Waals surface area contributed by atoms with E-state index in [4.69, 9.17) is 5.11 Å². The monoisotopic (exact) mass is 258 g/mol. The predicted octanol–water partition coefficient (Wildman–Crippen LogP) is -1.43. The molecule has 1 rings (SSSR count). The minimum atomic E-state index is -1.12. The topological polar surface area (TPSA) is 116 Å². The number of aliphatic hydroxyl groups is 1. The van der Waals surface area contributed by atoms with E-state index >= 15 is 0 Å². The molecule has 18 heavy (non-hydrogen) atoms. The molecule has 0 spiro atoms. The summed E-state index contributed by atoms with van der Waals surface area (Å²) in [4.78, 5) is 34.3. The summed E-state index contributed by atoms with van der Waals surface area (Å²) in [5.74, 6) is -4.47. The van der Waals surface area contributed by atoms with Gasteiger partial charge in [-0.15, -0.1) is 0 Å². The number of amides is 2. The van der Waals surface area contributed by atoms with Crippen LogP contribution in [0, 0.1) is 17.8 Å².